The standard InChI is InChI=1S/C13H16N2O4S/c1-2-13(14-11-6-7-20(18,19)9-11)10-4-3-5-12(8-10)15(16)17/h3-8,11,13-14H,2,9H2,1H3. The summed E-state index contributed by atoms with van der Waals surface area (Å²) in [4.78, 5) is 10.4. The molecule has 6 nitrogen and oxygen atoms in total. The van der Waals surface area contributed by atoms with Crippen LogP contribution in [0.2, 0.25) is 0 Å². The average Bonchev–Trinajstić information content (AvgIpc) is 2.75. The van der Waals surface area contributed by atoms with Crippen LogP contribution in [0.1, 0.15) is 24.9 Å². The van der Waals surface area contributed by atoms with Crippen LogP contribution in [0.15, 0.2) is 35.7 Å². The Kier molecular flexibility index (Phi) is 4.20. The number of sulfone groups is 1. The molecule has 1 aliphatic rings. The maximum atomic E-state index is 11.4. The van der Waals surface area contributed by atoms with Crippen molar-refractivity contribution < 1.29 is 13.3 Å². The predicted molar refractivity (Wildman–Crippen MR) is 76.0 cm³/mol. The molecule has 0 saturated heterocycles. The van der Waals surface area contributed by atoms with E-state index in [4.69, 9.17) is 0 Å². The highest BCUT2D eigenvalue weighted by molar-refractivity contribution is 7.94. The van der Waals surface area contributed by atoms with Crippen molar-refractivity contribution in [2.24, 2.45) is 0 Å². The van der Waals surface area contributed by atoms with Crippen molar-refractivity contribution in [1.29, 1.82) is 0 Å². The van der Waals surface area contributed by atoms with Gasteiger partial charge in [-0.3, -0.25) is 10.1 Å². The van der Waals surface area contributed by atoms with Gasteiger partial charge in [0, 0.05) is 29.6 Å². The first-order chi connectivity index (χ1) is 9.41. The normalized spacial score (nSPS) is 21.8. The van der Waals surface area contributed by atoms with E-state index in [1.165, 1.54) is 17.5 Å². The zero-order valence-corrected chi connectivity index (χ0v) is 11.8. The molecule has 2 rings (SSSR count). The summed E-state index contributed by atoms with van der Waals surface area (Å²) >= 11 is 0. The molecule has 7 heteroatoms. The highest BCUT2D eigenvalue weighted by atomic mass is 32.2. The van der Waals surface area contributed by atoms with Crippen LogP contribution in [-0.4, -0.2) is 25.1 Å². The minimum atomic E-state index is -3.10. The van der Waals surface area contributed by atoms with Crippen LogP contribution in [0.3, 0.4) is 0 Å². The van der Waals surface area contributed by atoms with Crippen molar-refractivity contribution in [3.63, 3.8) is 0 Å². The molecule has 2 unspecified atom stereocenters. The molecule has 0 aromatic heterocycles. The molecule has 108 valence electrons. The molecule has 1 heterocycles. The Morgan fingerprint density at radius 1 is 1.50 bits per heavy atom. The molecule has 20 heavy (non-hydrogen) atoms. The minimum Gasteiger partial charge on any atom is -0.303 e. The van der Waals surface area contributed by atoms with Gasteiger partial charge in [-0.2, -0.15) is 0 Å². The predicted octanol–water partition coefficient (Wildman–Crippen LogP) is 1.95. The van der Waals surface area contributed by atoms with E-state index in [1.807, 2.05) is 6.92 Å². The highest BCUT2D eigenvalue weighted by Gasteiger charge is 2.24. The summed E-state index contributed by atoms with van der Waals surface area (Å²) in [6.45, 7) is 1.95. The topological polar surface area (TPSA) is 89.3 Å². The summed E-state index contributed by atoms with van der Waals surface area (Å²) < 4.78 is 22.7. The molecule has 1 N–H and O–H groups in total. The summed E-state index contributed by atoms with van der Waals surface area (Å²) in [6, 6.07) is 6.05. The Hall–Kier alpha value is -1.73. The number of nitrogens with zero attached hydrogens (tertiary/aromatic N) is 1. The van der Waals surface area contributed by atoms with Crippen LogP contribution in [0, 0.1) is 10.1 Å². The average molecular weight is 296 g/mol. The van der Waals surface area contributed by atoms with Crippen LogP contribution >= 0.6 is 0 Å². The van der Waals surface area contributed by atoms with Gasteiger partial charge in [0.25, 0.3) is 5.69 Å². The van der Waals surface area contributed by atoms with Crippen molar-refractivity contribution in [2.45, 2.75) is 25.4 Å². The Balaban J connectivity index is 2.15. The van der Waals surface area contributed by atoms with Gasteiger partial charge < -0.3 is 5.32 Å². The maximum Gasteiger partial charge on any atom is 0.269 e. The number of rotatable bonds is 5. The molecule has 1 aromatic carbocycles. The number of nitrogens with one attached hydrogen (secondary N) is 1. The summed E-state index contributed by atoms with van der Waals surface area (Å²) in [5.41, 5.74) is 0.830. The molecule has 0 amide bonds. The number of benzene rings is 1. The van der Waals surface area contributed by atoms with E-state index in [-0.39, 0.29) is 23.5 Å². The van der Waals surface area contributed by atoms with E-state index in [1.54, 1.807) is 18.2 Å². The van der Waals surface area contributed by atoms with Crippen molar-refractivity contribution in [2.75, 3.05) is 5.75 Å². The lowest BCUT2D eigenvalue weighted by Gasteiger charge is -2.20. The van der Waals surface area contributed by atoms with Crippen molar-refractivity contribution >= 4 is 15.5 Å². The largest absolute Gasteiger partial charge is 0.303 e. The lowest BCUT2D eigenvalue weighted by atomic mass is 10.0. The first-order valence-electron chi connectivity index (χ1n) is 6.32. The number of nitro groups is 1. The van der Waals surface area contributed by atoms with Gasteiger partial charge in [0.2, 0.25) is 0 Å². The zero-order valence-electron chi connectivity index (χ0n) is 11.0. The third kappa shape index (κ3) is 3.43. The van der Waals surface area contributed by atoms with Crippen molar-refractivity contribution in [3.8, 4) is 0 Å². The molecule has 0 fully saturated rings. The first kappa shape index (κ1) is 14.7. The molecule has 0 spiro atoms. The Bertz CT molecular complexity index is 640. The monoisotopic (exact) mass is 296 g/mol. The van der Waals surface area contributed by atoms with Gasteiger partial charge in [0.15, 0.2) is 9.84 Å². The van der Waals surface area contributed by atoms with Crippen molar-refractivity contribution in [3.05, 3.63) is 51.4 Å². The molecular formula is C13H16N2O4S. The summed E-state index contributed by atoms with van der Waals surface area (Å²) in [6.07, 6.45) is 2.33. The second kappa shape index (κ2) is 5.72. The number of hydrogen-bond donors (Lipinski definition) is 1. The maximum absolute atomic E-state index is 11.4. The SMILES string of the molecule is CCC(NC1C=CS(=O)(=O)C1)c1cccc([N+](=O)[O-])c1. The van der Waals surface area contributed by atoms with E-state index in [0.717, 1.165) is 5.56 Å². The van der Waals surface area contributed by atoms with Gasteiger partial charge in [-0.05, 0) is 12.0 Å². The van der Waals surface area contributed by atoms with E-state index in [2.05, 4.69) is 5.32 Å². The first-order valence-corrected chi connectivity index (χ1v) is 8.04. The van der Waals surface area contributed by atoms with Crippen molar-refractivity contribution in [1.82, 2.24) is 5.32 Å². The molecule has 1 aliphatic heterocycles. The number of hydrogen-bond acceptors (Lipinski definition) is 5. The van der Waals surface area contributed by atoms with Gasteiger partial charge in [0.05, 0.1) is 10.7 Å². The second-order valence-electron chi connectivity index (χ2n) is 4.74. The third-order valence-corrected chi connectivity index (χ3v) is 4.63. The van der Waals surface area contributed by atoms with Crippen LogP contribution in [0.5, 0.6) is 0 Å². The van der Waals surface area contributed by atoms with E-state index in [0.29, 0.717) is 6.42 Å². The molecule has 1 aromatic rings. The Morgan fingerprint density at radius 2 is 2.25 bits per heavy atom. The zero-order chi connectivity index (χ0) is 14.8. The summed E-state index contributed by atoms with van der Waals surface area (Å²) in [7, 11) is -3.10. The van der Waals surface area contributed by atoms with Crippen LogP contribution in [-0.2, 0) is 9.84 Å². The van der Waals surface area contributed by atoms with Gasteiger partial charge in [-0.1, -0.05) is 25.1 Å². The molecule has 0 radical (unpaired) electrons. The molecule has 0 saturated carbocycles. The molecule has 0 aliphatic carbocycles. The molecule has 2 atom stereocenters. The number of non-ortho nitro benzene ring substituents is 1. The van der Waals surface area contributed by atoms with E-state index in [9.17, 15) is 18.5 Å². The molecule has 0 bridgehead atoms. The summed E-state index contributed by atoms with van der Waals surface area (Å²) in [5, 5.41) is 15.2. The van der Waals surface area contributed by atoms with Crippen LogP contribution in [0.25, 0.3) is 0 Å². The van der Waals surface area contributed by atoms with Crippen LogP contribution in [0.4, 0.5) is 5.69 Å². The van der Waals surface area contributed by atoms with Crippen LogP contribution < -0.4 is 5.32 Å². The fraction of sp³-hybridized carbons (Fsp3) is 0.385. The lowest BCUT2D eigenvalue weighted by molar-refractivity contribution is -0.384. The van der Waals surface area contributed by atoms with Gasteiger partial charge in [-0.25, -0.2) is 8.42 Å². The molecular weight excluding hydrogens is 280 g/mol. The second-order valence-corrected chi connectivity index (χ2v) is 6.68. The summed E-state index contributed by atoms with van der Waals surface area (Å²) in [5.74, 6) is 0.0401. The fourth-order valence-corrected chi connectivity index (χ4v) is 3.49. The quantitative estimate of drug-likeness (QED) is 0.662. The van der Waals surface area contributed by atoms with E-state index < -0.39 is 14.8 Å². The Morgan fingerprint density at radius 3 is 2.80 bits per heavy atom. The number of nitro benzene ring substituents is 1. The highest BCUT2D eigenvalue weighted by Crippen LogP contribution is 2.23. The van der Waals surface area contributed by atoms with Gasteiger partial charge in [-0.15, -0.1) is 0 Å². The smallest absolute Gasteiger partial charge is 0.269 e. The third-order valence-electron chi connectivity index (χ3n) is 3.24. The Labute approximate surface area is 117 Å². The van der Waals surface area contributed by atoms with E-state index >= 15 is 0 Å². The minimum absolute atomic E-state index is 0.0392. The fourth-order valence-electron chi connectivity index (χ4n) is 2.24. The lowest BCUT2D eigenvalue weighted by Crippen LogP contribution is -2.33. The van der Waals surface area contributed by atoms with Gasteiger partial charge >= 0.3 is 0 Å². The van der Waals surface area contributed by atoms with Gasteiger partial charge in [0.1, 0.15) is 0 Å².